The molecule has 0 bridgehead atoms. The predicted molar refractivity (Wildman–Crippen MR) is 61.5 cm³/mol. The van der Waals surface area contributed by atoms with Gasteiger partial charge in [-0.2, -0.15) is 5.10 Å². The van der Waals surface area contributed by atoms with E-state index < -0.39 is 0 Å². The summed E-state index contributed by atoms with van der Waals surface area (Å²) in [6, 6.07) is 2.83. The second-order valence-electron chi connectivity index (χ2n) is 4.24. The lowest BCUT2D eigenvalue weighted by atomic mass is 10.2. The lowest BCUT2D eigenvalue weighted by Gasteiger charge is -2.08. The first kappa shape index (κ1) is 10.4. The maximum atomic E-state index is 4.32. The first-order valence-corrected chi connectivity index (χ1v) is 5.70. The van der Waals surface area contributed by atoms with Crippen molar-refractivity contribution in [1.82, 2.24) is 15.1 Å². The van der Waals surface area contributed by atoms with Crippen molar-refractivity contribution < 1.29 is 0 Å². The number of aromatic nitrogens is 2. The zero-order chi connectivity index (χ0) is 10.7. The molecule has 1 aromatic heterocycles. The van der Waals surface area contributed by atoms with Gasteiger partial charge in [0.05, 0.1) is 12.2 Å². The fourth-order valence-electron chi connectivity index (χ4n) is 1.51. The molecule has 0 amide bonds. The van der Waals surface area contributed by atoms with Crippen LogP contribution in [0.1, 0.15) is 31.9 Å². The molecule has 3 heteroatoms. The van der Waals surface area contributed by atoms with E-state index >= 15 is 0 Å². The van der Waals surface area contributed by atoms with Gasteiger partial charge in [-0.05, 0) is 25.3 Å². The molecule has 1 N–H and O–H groups in total. The number of hydrogen-bond donors (Lipinski definition) is 1. The Bertz CT molecular complexity index is 336. The highest BCUT2D eigenvalue weighted by Gasteiger charge is 2.20. The average Bonchev–Trinajstić information content (AvgIpc) is 2.97. The molecule has 82 valence electrons. The number of nitrogens with one attached hydrogen (secondary N) is 1. The molecule has 0 spiro atoms. The molecule has 2 rings (SSSR count). The molecule has 0 unspecified atom stereocenters. The van der Waals surface area contributed by atoms with Gasteiger partial charge in [-0.15, -0.1) is 0 Å². The van der Waals surface area contributed by atoms with Crippen LogP contribution in [-0.2, 0) is 13.1 Å². The number of nitrogens with zero attached hydrogens (tertiary/aromatic N) is 2. The van der Waals surface area contributed by atoms with Crippen LogP contribution in [0.3, 0.4) is 0 Å². The van der Waals surface area contributed by atoms with E-state index in [1.807, 2.05) is 10.9 Å². The van der Waals surface area contributed by atoms with Crippen LogP contribution in [0.2, 0.25) is 0 Å². The van der Waals surface area contributed by atoms with Crippen LogP contribution in [0.4, 0.5) is 0 Å². The van der Waals surface area contributed by atoms with E-state index in [1.54, 1.807) is 0 Å². The molecule has 3 nitrogen and oxygen atoms in total. The quantitative estimate of drug-likeness (QED) is 0.721. The highest BCUT2D eigenvalue weighted by atomic mass is 15.3. The van der Waals surface area contributed by atoms with Gasteiger partial charge in [0, 0.05) is 18.8 Å². The molecule has 15 heavy (non-hydrogen) atoms. The summed E-state index contributed by atoms with van der Waals surface area (Å²) in [4.78, 5) is 0. The van der Waals surface area contributed by atoms with E-state index in [-0.39, 0.29) is 0 Å². The summed E-state index contributed by atoms with van der Waals surface area (Å²) in [6.45, 7) is 7.93. The van der Waals surface area contributed by atoms with Gasteiger partial charge in [-0.25, -0.2) is 0 Å². The molecular weight excluding hydrogens is 186 g/mol. The van der Waals surface area contributed by atoms with Crippen LogP contribution in [-0.4, -0.2) is 15.8 Å². The minimum Gasteiger partial charge on any atom is -0.308 e. The van der Waals surface area contributed by atoms with Gasteiger partial charge < -0.3 is 5.32 Å². The van der Waals surface area contributed by atoms with Crippen molar-refractivity contribution in [3.05, 3.63) is 30.1 Å². The molecule has 0 atom stereocenters. The fraction of sp³-hybridized carbons (Fsp3) is 0.583. The Kier molecular flexibility index (Phi) is 3.21. The smallest absolute Gasteiger partial charge is 0.0620 e. The SMILES string of the molecule is C=C(CC)Cn1nccc1CNC1CC1. The van der Waals surface area contributed by atoms with Crippen molar-refractivity contribution in [2.24, 2.45) is 0 Å². The maximum absolute atomic E-state index is 4.32. The Morgan fingerprint density at radius 2 is 2.47 bits per heavy atom. The van der Waals surface area contributed by atoms with Crippen molar-refractivity contribution in [2.45, 2.75) is 45.3 Å². The topological polar surface area (TPSA) is 29.9 Å². The Balaban J connectivity index is 1.91. The van der Waals surface area contributed by atoms with Gasteiger partial charge in [-0.1, -0.05) is 19.1 Å². The van der Waals surface area contributed by atoms with Gasteiger partial charge in [0.1, 0.15) is 0 Å². The number of hydrogen-bond acceptors (Lipinski definition) is 2. The summed E-state index contributed by atoms with van der Waals surface area (Å²) in [5, 5.41) is 7.82. The molecule has 1 aromatic rings. The molecule has 1 saturated carbocycles. The Morgan fingerprint density at radius 1 is 1.67 bits per heavy atom. The van der Waals surface area contributed by atoms with Crippen molar-refractivity contribution in [2.75, 3.05) is 0 Å². The van der Waals surface area contributed by atoms with Gasteiger partial charge in [0.15, 0.2) is 0 Å². The largest absolute Gasteiger partial charge is 0.308 e. The average molecular weight is 205 g/mol. The van der Waals surface area contributed by atoms with E-state index in [4.69, 9.17) is 0 Å². The molecule has 0 aromatic carbocycles. The number of rotatable bonds is 6. The summed E-state index contributed by atoms with van der Waals surface area (Å²) >= 11 is 0. The van der Waals surface area contributed by atoms with Crippen LogP contribution in [0.25, 0.3) is 0 Å². The molecule has 0 radical (unpaired) electrons. The number of allylic oxidation sites excluding steroid dienone is 1. The molecule has 1 heterocycles. The summed E-state index contributed by atoms with van der Waals surface area (Å²) in [7, 11) is 0. The molecule has 0 saturated heterocycles. The van der Waals surface area contributed by atoms with Crippen molar-refractivity contribution in [3.8, 4) is 0 Å². The highest BCUT2D eigenvalue weighted by molar-refractivity contribution is 5.04. The summed E-state index contributed by atoms with van der Waals surface area (Å²) in [6.07, 6.45) is 5.55. The van der Waals surface area contributed by atoms with E-state index in [0.717, 1.165) is 25.6 Å². The second kappa shape index (κ2) is 4.62. The fourth-order valence-corrected chi connectivity index (χ4v) is 1.51. The lowest BCUT2D eigenvalue weighted by molar-refractivity contribution is 0.584. The monoisotopic (exact) mass is 205 g/mol. The van der Waals surface area contributed by atoms with Crippen molar-refractivity contribution in [3.63, 3.8) is 0 Å². The normalized spacial score (nSPS) is 15.5. The Labute approximate surface area is 91.2 Å². The minimum atomic E-state index is 0.753. The first-order valence-electron chi connectivity index (χ1n) is 5.70. The van der Waals surface area contributed by atoms with Gasteiger partial charge >= 0.3 is 0 Å². The highest BCUT2D eigenvalue weighted by Crippen LogP contribution is 2.19. The lowest BCUT2D eigenvalue weighted by Crippen LogP contribution is -2.18. The standard InChI is InChI=1S/C12H19N3/c1-3-10(2)9-15-12(6-7-14-15)8-13-11-4-5-11/h6-7,11,13H,2-5,8-9H2,1H3. The molecular formula is C12H19N3. The summed E-state index contributed by atoms with van der Waals surface area (Å²) < 4.78 is 2.04. The van der Waals surface area contributed by atoms with E-state index in [9.17, 15) is 0 Å². The van der Waals surface area contributed by atoms with Gasteiger partial charge in [0.25, 0.3) is 0 Å². The molecule has 1 aliphatic rings. The van der Waals surface area contributed by atoms with E-state index in [0.29, 0.717) is 0 Å². The Morgan fingerprint density at radius 3 is 3.13 bits per heavy atom. The zero-order valence-electron chi connectivity index (χ0n) is 9.37. The third-order valence-corrected chi connectivity index (χ3v) is 2.83. The van der Waals surface area contributed by atoms with Gasteiger partial charge in [-0.3, -0.25) is 4.68 Å². The second-order valence-corrected chi connectivity index (χ2v) is 4.24. The van der Waals surface area contributed by atoms with Crippen LogP contribution < -0.4 is 5.32 Å². The maximum Gasteiger partial charge on any atom is 0.0620 e. The predicted octanol–water partition coefficient (Wildman–Crippen LogP) is 2.10. The van der Waals surface area contributed by atoms with Crippen LogP contribution in [0, 0.1) is 0 Å². The van der Waals surface area contributed by atoms with Crippen LogP contribution >= 0.6 is 0 Å². The van der Waals surface area contributed by atoms with E-state index in [1.165, 1.54) is 24.1 Å². The minimum absolute atomic E-state index is 0.753. The summed E-state index contributed by atoms with van der Waals surface area (Å²) in [5.74, 6) is 0. The third kappa shape index (κ3) is 2.93. The van der Waals surface area contributed by atoms with Gasteiger partial charge in [0.2, 0.25) is 0 Å². The summed E-state index contributed by atoms with van der Waals surface area (Å²) in [5.41, 5.74) is 2.49. The Hall–Kier alpha value is -1.09. The molecule has 0 aliphatic heterocycles. The third-order valence-electron chi connectivity index (χ3n) is 2.83. The van der Waals surface area contributed by atoms with E-state index in [2.05, 4.69) is 30.0 Å². The van der Waals surface area contributed by atoms with Crippen molar-refractivity contribution >= 4 is 0 Å². The van der Waals surface area contributed by atoms with Crippen molar-refractivity contribution in [1.29, 1.82) is 0 Å². The van der Waals surface area contributed by atoms with Crippen LogP contribution in [0.15, 0.2) is 24.4 Å². The zero-order valence-corrected chi connectivity index (χ0v) is 9.37. The molecule has 1 aliphatic carbocycles. The first-order chi connectivity index (χ1) is 7.29. The van der Waals surface area contributed by atoms with Crippen LogP contribution in [0.5, 0.6) is 0 Å². The molecule has 1 fully saturated rings.